The minimum absolute atomic E-state index is 0.174. The summed E-state index contributed by atoms with van der Waals surface area (Å²) in [7, 11) is 0. The SMILES string of the molecule is CC(Cl)C(C)(C)O. The summed E-state index contributed by atoms with van der Waals surface area (Å²) in [6.07, 6.45) is 0. The molecular weight excluding hydrogens is 112 g/mol. The second-order valence-corrected chi connectivity index (χ2v) is 2.92. The number of rotatable bonds is 1. The van der Waals surface area contributed by atoms with Crippen molar-refractivity contribution in [1.29, 1.82) is 0 Å². The Kier molecular flexibility index (Phi) is 2.09. The molecule has 0 heterocycles. The predicted molar refractivity (Wildman–Crippen MR) is 31.6 cm³/mol. The Hall–Kier alpha value is 0.250. The van der Waals surface area contributed by atoms with Crippen molar-refractivity contribution >= 4 is 11.6 Å². The first kappa shape index (κ1) is 7.25. The lowest BCUT2D eigenvalue weighted by atomic mass is 10.1. The number of alkyl halides is 1. The molecule has 0 aliphatic rings. The van der Waals surface area contributed by atoms with Gasteiger partial charge in [-0.15, -0.1) is 11.6 Å². The van der Waals surface area contributed by atoms with Crippen LogP contribution >= 0.6 is 11.6 Å². The Morgan fingerprint density at radius 1 is 1.57 bits per heavy atom. The number of hydrogen-bond acceptors (Lipinski definition) is 1. The van der Waals surface area contributed by atoms with Gasteiger partial charge in [0.05, 0.1) is 11.0 Å². The van der Waals surface area contributed by atoms with E-state index in [0.29, 0.717) is 0 Å². The van der Waals surface area contributed by atoms with Crippen molar-refractivity contribution in [2.45, 2.75) is 31.7 Å². The first-order valence-corrected chi connectivity index (χ1v) is 2.74. The van der Waals surface area contributed by atoms with Gasteiger partial charge in [0.1, 0.15) is 0 Å². The maximum absolute atomic E-state index is 8.96. The maximum atomic E-state index is 8.96. The molecule has 2 heteroatoms. The maximum Gasteiger partial charge on any atom is 0.0751 e. The van der Waals surface area contributed by atoms with E-state index in [1.807, 2.05) is 0 Å². The van der Waals surface area contributed by atoms with Crippen LogP contribution in [0.5, 0.6) is 0 Å². The molecule has 0 saturated carbocycles. The van der Waals surface area contributed by atoms with Gasteiger partial charge in [0.25, 0.3) is 0 Å². The average Bonchev–Trinajstić information content (AvgIpc) is 1.31. The molecule has 1 N–H and O–H groups in total. The Morgan fingerprint density at radius 3 is 1.71 bits per heavy atom. The zero-order valence-electron chi connectivity index (χ0n) is 4.90. The van der Waals surface area contributed by atoms with Crippen molar-refractivity contribution in [3.8, 4) is 0 Å². The van der Waals surface area contributed by atoms with Gasteiger partial charge < -0.3 is 5.11 Å². The fourth-order valence-electron chi connectivity index (χ4n) is 0. The molecule has 44 valence electrons. The average molecular weight is 123 g/mol. The Balaban J connectivity index is 3.54. The normalized spacial score (nSPS) is 16.7. The van der Waals surface area contributed by atoms with Crippen LogP contribution in [0, 0.1) is 0 Å². The Labute approximate surface area is 49.3 Å². The molecule has 0 radical (unpaired) electrons. The summed E-state index contributed by atoms with van der Waals surface area (Å²) in [6, 6.07) is 0. The molecular formula is C5H11ClO. The van der Waals surface area contributed by atoms with Crippen molar-refractivity contribution in [1.82, 2.24) is 0 Å². The highest BCUT2D eigenvalue weighted by molar-refractivity contribution is 6.21. The highest BCUT2D eigenvalue weighted by atomic mass is 35.5. The van der Waals surface area contributed by atoms with Crippen LogP contribution in [0.1, 0.15) is 20.8 Å². The van der Waals surface area contributed by atoms with Crippen LogP contribution in [0.3, 0.4) is 0 Å². The van der Waals surface area contributed by atoms with Crippen LogP contribution in [0.2, 0.25) is 0 Å². The molecule has 1 unspecified atom stereocenters. The van der Waals surface area contributed by atoms with Gasteiger partial charge in [-0.25, -0.2) is 0 Å². The third-order valence-electron chi connectivity index (χ3n) is 0.973. The summed E-state index contributed by atoms with van der Waals surface area (Å²) in [5.41, 5.74) is -0.735. The third kappa shape index (κ3) is 2.89. The van der Waals surface area contributed by atoms with E-state index in [1.165, 1.54) is 0 Å². The van der Waals surface area contributed by atoms with Crippen LogP contribution in [0.4, 0.5) is 0 Å². The quantitative estimate of drug-likeness (QED) is 0.521. The van der Waals surface area contributed by atoms with Crippen molar-refractivity contribution in [3.05, 3.63) is 0 Å². The molecule has 0 fully saturated rings. The minimum Gasteiger partial charge on any atom is -0.389 e. The van der Waals surface area contributed by atoms with Crippen molar-refractivity contribution in [2.75, 3.05) is 0 Å². The number of aliphatic hydroxyl groups is 1. The molecule has 7 heavy (non-hydrogen) atoms. The van der Waals surface area contributed by atoms with Gasteiger partial charge >= 0.3 is 0 Å². The van der Waals surface area contributed by atoms with Gasteiger partial charge in [-0.2, -0.15) is 0 Å². The molecule has 0 rings (SSSR count). The fourth-order valence-corrected chi connectivity index (χ4v) is 0. The molecule has 0 aliphatic carbocycles. The van der Waals surface area contributed by atoms with Crippen LogP contribution in [0.15, 0.2) is 0 Å². The summed E-state index contributed by atoms with van der Waals surface area (Å²) in [4.78, 5) is 0. The standard InChI is InChI=1S/C5H11ClO/c1-4(6)5(2,3)7/h4,7H,1-3H3. The fraction of sp³-hybridized carbons (Fsp3) is 1.00. The van der Waals surface area contributed by atoms with Crippen molar-refractivity contribution in [3.63, 3.8) is 0 Å². The zero-order chi connectivity index (χ0) is 6.08. The van der Waals surface area contributed by atoms with E-state index in [2.05, 4.69) is 0 Å². The van der Waals surface area contributed by atoms with E-state index in [4.69, 9.17) is 16.7 Å². The van der Waals surface area contributed by atoms with E-state index < -0.39 is 5.60 Å². The molecule has 0 aromatic rings. The second-order valence-electron chi connectivity index (χ2n) is 2.27. The lowest BCUT2D eigenvalue weighted by Gasteiger charge is -2.18. The second kappa shape index (κ2) is 2.01. The van der Waals surface area contributed by atoms with Gasteiger partial charge in [0.15, 0.2) is 0 Å². The lowest BCUT2D eigenvalue weighted by molar-refractivity contribution is 0.0803. The van der Waals surface area contributed by atoms with Gasteiger partial charge in [0, 0.05) is 0 Å². The smallest absolute Gasteiger partial charge is 0.0751 e. The summed E-state index contributed by atoms with van der Waals surface area (Å²) in [6.45, 7) is 5.14. The van der Waals surface area contributed by atoms with Gasteiger partial charge in [-0.05, 0) is 20.8 Å². The van der Waals surface area contributed by atoms with Crippen LogP contribution < -0.4 is 0 Å². The Bertz CT molecular complexity index is 53.6. The lowest BCUT2D eigenvalue weighted by Crippen LogP contribution is -2.28. The summed E-state index contributed by atoms with van der Waals surface area (Å²) in [5.74, 6) is 0. The van der Waals surface area contributed by atoms with E-state index in [1.54, 1.807) is 20.8 Å². The first-order valence-electron chi connectivity index (χ1n) is 2.31. The predicted octanol–water partition coefficient (Wildman–Crippen LogP) is 1.38. The van der Waals surface area contributed by atoms with Crippen molar-refractivity contribution in [2.24, 2.45) is 0 Å². The number of halogens is 1. The van der Waals surface area contributed by atoms with Crippen LogP contribution in [-0.4, -0.2) is 16.1 Å². The van der Waals surface area contributed by atoms with Gasteiger partial charge in [-0.1, -0.05) is 0 Å². The van der Waals surface area contributed by atoms with E-state index in [-0.39, 0.29) is 5.38 Å². The Morgan fingerprint density at radius 2 is 1.71 bits per heavy atom. The van der Waals surface area contributed by atoms with E-state index >= 15 is 0 Å². The molecule has 0 aromatic carbocycles. The molecule has 0 bridgehead atoms. The van der Waals surface area contributed by atoms with Gasteiger partial charge in [0.2, 0.25) is 0 Å². The third-order valence-corrected chi connectivity index (χ3v) is 1.51. The van der Waals surface area contributed by atoms with Crippen LogP contribution in [-0.2, 0) is 0 Å². The monoisotopic (exact) mass is 122 g/mol. The zero-order valence-corrected chi connectivity index (χ0v) is 5.66. The van der Waals surface area contributed by atoms with Crippen molar-refractivity contribution < 1.29 is 5.11 Å². The molecule has 0 amide bonds. The highest BCUT2D eigenvalue weighted by Gasteiger charge is 2.18. The summed E-state index contributed by atoms with van der Waals surface area (Å²) < 4.78 is 0. The van der Waals surface area contributed by atoms with Gasteiger partial charge in [-0.3, -0.25) is 0 Å². The number of hydrogen-bond donors (Lipinski definition) is 1. The van der Waals surface area contributed by atoms with Crippen LogP contribution in [0.25, 0.3) is 0 Å². The van der Waals surface area contributed by atoms with E-state index in [9.17, 15) is 0 Å². The summed E-state index contributed by atoms with van der Waals surface area (Å²) in [5, 5.41) is 8.79. The molecule has 0 aliphatic heterocycles. The largest absolute Gasteiger partial charge is 0.389 e. The minimum atomic E-state index is -0.735. The molecule has 0 spiro atoms. The molecule has 1 nitrogen and oxygen atoms in total. The topological polar surface area (TPSA) is 20.2 Å². The highest BCUT2D eigenvalue weighted by Crippen LogP contribution is 2.12. The summed E-state index contributed by atoms with van der Waals surface area (Å²) >= 11 is 5.50. The molecule has 1 atom stereocenters. The van der Waals surface area contributed by atoms with E-state index in [0.717, 1.165) is 0 Å². The first-order chi connectivity index (χ1) is 2.94. The molecule has 0 saturated heterocycles. The molecule has 0 aromatic heterocycles.